The molecular formula is C12H16ClNO2. The highest BCUT2D eigenvalue weighted by atomic mass is 35.5. The van der Waals surface area contributed by atoms with Gasteiger partial charge in [-0.3, -0.25) is 0 Å². The van der Waals surface area contributed by atoms with Crippen LogP contribution in [-0.2, 0) is 6.54 Å². The molecule has 0 aliphatic heterocycles. The van der Waals surface area contributed by atoms with E-state index in [9.17, 15) is 0 Å². The molecule has 16 heavy (non-hydrogen) atoms. The first-order valence-corrected chi connectivity index (χ1v) is 5.45. The standard InChI is InChI=1S/C12H16ClNO2/c1-14-9-10-4-5-11(15-2)8-12(10)16-7-3-6-13/h3-6,8,14H,7,9H2,1-2H3/b6-3+. The van der Waals surface area contributed by atoms with Crippen molar-refractivity contribution in [1.82, 2.24) is 5.32 Å². The Labute approximate surface area is 101 Å². The number of benzene rings is 1. The van der Waals surface area contributed by atoms with Crippen LogP contribution in [0.4, 0.5) is 0 Å². The summed E-state index contributed by atoms with van der Waals surface area (Å²) in [6.45, 7) is 1.21. The lowest BCUT2D eigenvalue weighted by Crippen LogP contribution is -2.07. The molecule has 88 valence electrons. The molecule has 0 bridgehead atoms. The van der Waals surface area contributed by atoms with E-state index in [0.29, 0.717) is 6.61 Å². The Hall–Kier alpha value is -1.19. The number of ether oxygens (including phenoxy) is 2. The number of hydrogen-bond acceptors (Lipinski definition) is 3. The van der Waals surface area contributed by atoms with Crippen molar-refractivity contribution >= 4 is 11.6 Å². The van der Waals surface area contributed by atoms with E-state index in [1.54, 1.807) is 13.2 Å². The zero-order valence-electron chi connectivity index (χ0n) is 9.50. The van der Waals surface area contributed by atoms with Gasteiger partial charge in [0.2, 0.25) is 0 Å². The number of halogens is 1. The Morgan fingerprint density at radius 1 is 1.44 bits per heavy atom. The molecule has 0 aliphatic carbocycles. The van der Waals surface area contributed by atoms with Gasteiger partial charge in [-0.2, -0.15) is 0 Å². The molecule has 0 heterocycles. The zero-order chi connectivity index (χ0) is 11.8. The van der Waals surface area contributed by atoms with E-state index in [2.05, 4.69) is 5.32 Å². The quantitative estimate of drug-likeness (QED) is 0.830. The maximum Gasteiger partial charge on any atom is 0.127 e. The van der Waals surface area contributed by atoms with Crippen molar-refractivity contribution in [2.75, 3.05) is 20.8 Å². The van der Waals surface area contributed by atoms with Crippen molar-refractivity contribution in [3.63, 3.8) is 0 Å². The second-order valence-corrected chi connectivity index (χ2v) is 3.43. The van der Waals surface area contributed by atoms with Crippen LogP contribution >= 0.6 is 11.6 Å². The van der Waals surface area contributed by atoms with Crippen molar-refractivity contribution < 1.29 is 9.47 Å². The van der Waals surface area contributed by atoms with E-state index < -0.39 is 0 Å². The van der Waals surface area contributed by atoms with Crippen molar-refractivity contribution in [3.05, 3.63) is 35.4 Å². The largest absolute Gasteiger partial charge is 0.497 e. The fourth-order valence-corrected chi connectivity index (χ4v) is 1.38. The Kier molecular flexibility index (Phi) is 5.75. The highest BCUT2D eigenvalue weighted by Gasteiger charge is 2.04. The SMILES string of the molecule is CNCc1ccc(OC)cc1OC/C=C/Cl. The van der Waals surface area contributed by atoms with Crippen LogP contribution in [0.5, 0.6) is 11.5 Å². The van der Waals surface area contributed by atoms with E-state index in [0.717, 1.165) is 23.6 Å². The minimum atomic E-state index is 0.452. The Morgan fingerprint density at radius 3 is 2.88 bits per heavy atom. The van der Waals surface area contributed by atoms with Crippen LogP contribution in [0.1, 0.15) is 5.56 Å². The number of nitrogens with one attached hydrogen (secondary N) is 1. The van der Waals surface area contributed by atoms with Gasteiger partial charge in [-0.15, -0.1) is 0 Å². The first-order valence-electron chi connectivity index (χ1n) is 5.01. The monoisotopic (exact) mass is 241 g/mol. The zero-order valence-corrected chi connectivity index (χ0v) is 10.3. The molecule has 0 spiro atoms. The molecule has 0 aromatic heterocycles. The van der Waals surface area contributed by atoms with E-state index >= 15 is 0 Å². The molecule has 4 heteroatoms. The Bertz CT molecular complexity index is 353. The molecule has 1 rings (SSSR count). The molecular weight excluding hydrogens is 226 g/mol. The van der Waals surface area contributed by atoms with Gasteiger partial charge in [-0.25, -0.2) is 0 Å². The Morgan fingerprint density at radius 2 is 2.25 bits per heavy atom. The lowest BCUT2D eigenvalue weighted by molar-refractivity contribution is 0.352. The normalized spacial score (nSPS) is 10.7. The predicted molar refractivity (Wildman–Crippen MR) is 66.2 cm³/mol. The first-order chi connectivity index (χ1) is 7.81. The molecule has 0 saturated carbocycles. The second-order valence-electron chi connectivity index (χ2n) is 3.18. The van der Waals surface area contributed by atoms with E-state index in [4.69, 9.17) is 21.1 Å². The summed E-state index contributed by atoms with van der Waals surface area (Å²) in [7, 11) is 3.53. The van der Waals surface area contributed by atoms with Crippen molar-refractivity contribution in [3.8, 4) is 11.5 Å². The predicted octanol–water partition coefficient (Wildman–Crippen LogP) is 2.55. The van der Waals surface area contributed by atoms with Gasteiger partial charge in [0.25, 0.3) is 0 Å². The fourth-order valence-electron chi connectivity index (χ4n) is 1.31. The summed E-state index contributed by atoms with van der Waals surface area (Å²) in [6, 6.07) is 5.76. The van der Waals surface area contributed by atoms with Crippen molar-refractivity contribution in [2.45, 2.75) is 6.54 Å². The summed E-state index contributed by atoms with van der Waals surface area (Å²) in [5, 5.41) is 3.09. The summed E-state index contributed by atoms with van der Waals surface area (Å²) in [5.74, 6) is 1.59. The number of rotatable bonds is 6. The van der Waals surface area contributed by atoms with E-state index in [-0.39, 0.29) is 0 Å². The van der Waals surface area contributed by atoms with Crippen LogP contribution in [0.15, 0.2) is 29.8 Å². The van der Waals surface area contributed by atoms with Gasteiger partial charge >= 0.3 is 0 Å². The topological polar surface area (TPSA) is 30.5 Å². The third-order valence-electron chi connectivity index (χ3n) is 2.07. The first kappa shape index (κ1) is 12.9. The second kappa shape index (κ2) is 7.14. The number of hydrogen-bond donors (Lipinski definition) is 1. The maximum absolute atomic E-state index is 5.58. The summed E-state index contributed by atoms with van der Waals surface area (Å²) < 4.78 is 10.7. The van der Waals surface area contributed by atoms with Crippen LogP contribution in [-0.4, -0.2) is 20.8 Å². The highest BCUT2D eigenvalue weighted by molar-refractivity contribution is 6.25. The average Bonchev–Trinajstić information content (AvgIpc) is 2.31. The van der Waals surface area contributed by atoms with Gasteiger partial charge in [0, 0.05) is 23.7 Å². The van der Waals surface area contributed by atoms with Crippen molar-refractivity contribution in [1.29, 1.82) is 0 Å². The van der Waals surface area contributed by atoms with Crippen LogP contribution < -0.4 is 14.8 Å². The van der Waals surface area contributed by atoms with Gasteiger partial charge in [0.05, 0.1) is 7.11 Å². The van der Waals surface area contributed by atoms with E-state index in [1.807, 2.05) is 25.2 Å². The molecule has 1 aromatic carbocycles. The smallest absolute Gasteiger partial charge is 0.127 e. The third kappa shape index (κ3) is 3.76. The lowest BCUT2D eigenvalue weighted by atomic mass is 10.2. The third-order valence-corrected chi connectivity index (χ3v) is 2.24. The van der Waals surface area contributed by atoms with Crippen LogP contribution in [0.3, 0.4) is 0 Å². The molecule has 0 saturated heterocycles. The van der Waals surface area contributed by atoms with E-state index in [1.165, 1.54) is 5.54 Å². The molecule has 0 atom stereocenters. The molecule has 0 aliphatic rings. The molecule has 0 unspecified atom stereocenters. The van der Waals surface area contributed by atoms with Gasteiger partial charge in [0.15, 0.2) is 0 Å². The lowest BCUT2D eigenvalue weighted by Gasteiger charge is -2.11. The molecule has 1 aromatic rings. The molecule has 0 amide bonds. The highest BCUT2D eigenvalue weighted by Crippen LogP contribution is 2.24. The molecule has 0 radical (unpaired) electrons. The minimum absolute atomic E-state index is 0.452. The average molecular weight is 242 g/mol. The van der Waals surface area contributed by atoms with Gasteiger partial charge in [0.1, 0.15) is 18.1 Å². The van der Waals surface area contributed by atoms with Crippen molar-refractivity contribution in [2.24, 2.45) is 0 Å². The van der Waals surface area contributed by atoms with Crippen LogP contribution in [0.2, 0.25) is 0 Å². The summed E-state index contributed by atoms with van der Waals surface area (Å²) >= 11 is 5.43. The van der Waals surface area contributed by atoms with Gasteiger partial charge in [-0.05, 0) is 19.2 Å². The molecule has 3 nitrogen and oxygen atoms in total. The maximum atomic E-state index is 5.58. The molecule has 0 fully saturated rings. The summed E-state index contributed by atoms with van der Waals surface area (Å²) in [5.41, 5.74) is 2.53. The number of methoxy groups -OCH3 is 1. The minimum Gasteiger partial charge on any atom is -0.497 e. The Balaban J connectivity index is 2.81. The summed E-state index contributed by atoms with van der Waals surface area (Å²) in [6.07, 6.45) is 1.74. The summed E-state index contributed by atoms with van der Waals surface area (Å²) in [4.78, 5) is 0. The van der Waals surface area contributed by atoms with Gasteiger partial charge in [-0.1, -0.05) is 17.7 Å². The van der Waals surface area contributed by atoms with Crippen LogP contribution in [0, 0.1) is 0 Å². The fraction of sp³-hybridized carbons (Fsp3) is 0.333. The molecule has 1 N–H and O–H groups in total. The van der Waals surface area contributed by atoms with Crippen LogP contribution in [0.25, 0.3) is 0 Å². The van der Waals surface area contributed by atoms with Gasteiger partial charge < -0.3 is 14.8 Å².